The van der Waals surface area contributed by atoms with E-state index in [2.05, 4.69) is 42.3 Å². The van der Waals surface area contributed by atoms with Gasteiger partial charge in [0.25, 0.3) is 0 Å². The van der Waals surface area contributed by atoms with Crippen molar-refractivity contribution in [3.8, 4) is 0 Å². The van der Waals surface area contributed by atoms with Crippen molar-refractivity contribution in [3.05, 3.63) is 23.8 Å². The third kappa shape index (κ3) is 5.50. The maximum absolute atomic E-state index is 3.80. The van der Waals surface area contributed by atoms with E-state index in [0.717, 1.165) is 18.5 Å². The molecule has 1 fully saturated rings. The Bertz CT molecular complexity index is 307. The first kappa shape index (κ1) is 14.8. The Balaban J connectivity index is 1.60. The highest BCUT2D eigenvalue weighted by molar-refractivity contribution is 4.96. The number of nitrogens with one attached hydrogen (secondary N) is 1. The lowest BCUT2D eigenvalue weighted by Gasteiger charge is -2.33. The van der Waals surface area contributed by atoms with Crippen molar-refractivity contribution in [2.45, 2.75) is 52.0 Å². The molecule has 1 saturated heterocycles. The van der Waals surface area contributed by atoms with E-state index in [-0.39, 0.29) is 0 Å². The van der Waals surface area contributed by atoms with E-state index >= 15 is 0 Å². The van der Waals surface area contributed by atoms with Gasteiger partial charge in [0, 0.05) is 12.6 Å². The van der Waals surface area contributed by atoms with Gasteiger partial charge in [-0.05, 0) is 71.5 Å². The molecular formula is C17H30N2. The summed E-state index contributed by atoms with van der Waals surface area (Å²) < 4.78 is 0. The normalized spacial score (nSPS) is 25.5. The Hall–Kier alpha value is -0.600. The van der Waals surface area contributed by atoms with Crippen molar-refractivity contribution < 1.29 is 0 Å². The molecule has 1 aliphatic heterocycles. The maximum atomic E-state index is 3.80. The summed E-state index contributed by atoms with van der Waals surface area (Å²) >= 11 is 0. The molecule has 19 heavy (non-hydrogen) atoms. The van der Waals surface area contributed by atoms with Crippen molar-refractivity contribution in [2.75, 3.05) is 26.2 Å². The van der Waals surface area contributed by atoms with Gasteiger partial charge in [0.1, 0.15) is 0 Å². The zero-order chi connectivity index (χ0) is 13.5. The number of allylic oxidation sites excluding steroid dienone is 3. The van der Waals surface area contributed by atoms with Crippen LogP contribution in [0.4, 0.5) is 0 Å². The monoisotopic (exact) mass is 262 g/mol. The van der Waals surface area contributed by atoms with Gasteiger partial charge in [-0.1, -0.05) is 23.8 Å². The van der Waals surface area contributed by atoms with Crippen LogP contribution in [0.2, 0.25) is 0 Å². The fourth-order valence-electron chi connectivity index (χ4n) is 3.01. The molecule has 108 valence electrons. The molecule has 2 aliphatic rings. The van der Waals surface area contributed by atoms with E-state index in [0.29, 0.717) is 0 Å². The topological polar surface area (TPSA) is 15.3 Å². The van der Waals surface area contributed by atoms with Crippen molar-refractivity contribution in [1.82, 2.24) is 10.2 Å². The molecule has 2 heteroatoms. The van der Waals surface area contributed by atoms with Crippen molar-refractivity contribution in [3.63, 3.8) is 0 Å². The van der Waals surface area contributed by atoms with Crippen LogP contribution in [0.25, 0.3) is 0 Å². The molecule has 1 N–H and O–H groups in total. The van der Waals surface area contributed by atoms with Crippen LogP contribution in [-0.2, 0) is 0 Å². The molecule has 0 bridgehead atoms. The van der Waals surface area contributed by atoms with Gasteiger partial charge in [0.15, 0.2) is 0 Å². The minimum Gasteiger partial charge on any atom is -0.314 e. The average molecular weight is 262 g/mol. The Morgan fingerprint density at radius 1 is 1.21 bits per heavy atom. The molecule has 1 unspecified atom stereocenters. The van der Waals surface area contributed by atoms with Gasteiger partial charge in [0.05, 0.1) is 0 Å². The Labute approximate surface area is 118 Å². The molecule has 2 nitrogen and oxygen atoms in total. The second-order valence-corrected chi connectivity index (χ2v) is 6.42. The van der Waals surface area contributed by atoms with E-state index in [1.54, 1.807) is 0 Å². The molecule has 1 atom stereocenters. The minimum atomic E-state index is 0.758. The molecule has 1 aliphatic carbocycles. The van der Waals surface area contributed by atoms with Crippen LogP contribution in [0, 0.1) is 5.92 Å². The van der Waals surface area contributed by atoms with Gasteiger partial charge in [-0.3, -0.25) is 4.90 Å². The lowest BCUT2D eigenvalue weighted by atomic mass is 9.93. The molecular weight excluding hydrogens is 232 g/mol. The predicted molar refractivity (Wildman–Crippen MR) is 83.4 cm³/mol. The van der Waals surface area contributed by atoms with Crippen LogP contribution < -0.4 is 5.32 Å². The molecule has 0 aromatic rings. The third-order valence-electron chi connectivity index (χ3n) is 4.42. The smallest absolute Gasteiger partial charge is 0.0165 e. The van der Waals surface area contributed by atoms with E-state index in [1.807, 2.05) is 0 Å². The fraction of sp³-hybridized carbons (Fsp3) is 0.765. The molecule has 0 aromatic heterocycles. The number of hydrogen-bond acceptors (Lipinski definition) is 2. The van der Waals surface area contributed by atoms with E-state index in [4.69, 9.17) is 0 Å². The molecule has 0 saturated carbocycles. The molecule has 0 radical (unpaired) electrons. The molecule has 0 aromatic carbocycles. The van der Waals surface area contributed by atoms with Crippen LogP contribution in [0.15, 0.2) is 23.8 Å². The Kier molecular flexibility index (Phi) is 6.12. The second kappa shape index (κ2) is 7.86. The molecule has 0 spiro atoms. The Morgan fingerprint density at radius 3 is 2.63 bits per heavy atom. The Morgan fingerprint density at radius 2 is 2.00 bits per heavy atom. The first-order chi connectivity index (χ1) is 9.24. The van der Waals surface area contributed by atoms with E-state index < -0.39 is 0 Å². The summed E-state index contributed by atoms with van der Waals surface area (Å²) in [6.07, 6.45) is 13.6. The number of hydrogen-bond donors (Lipinski definition) is 1. The number of likely N-dealkylation sites (tertiary alicyclic amines) is 1. The van der Waals surface area contributed by atoms with Crippen molar-refractivity contribution in [2.24, 2.45) is 5.92 Å². The zero-order valence-corrected chi connectivity index (χ0v) is 12.7. The van der Waals surface area contributed by atoms with Crippen LogP contribution in [0.5, 0.6) is 0 Å². The summed E-state index contributed by atoms with van der Waals surface area (Å²) in [6.45, 7) is 9.25. The lowest BCUT2D eigenvalue weighted by molar-refractivity contribution is 0.210. The zero-order valence-electron chi connectivity index (χ0n) is 12.7. The highest BCUT2D eigenvalue weighted by Crippen LogP contribution is 2.18. The summed E-state index contributed by atoms with van der Waals surface area (Å²) in [6, 6.07) is 0.758. The van der Waals surface area contributed by atoms with Gasteiger partial charge in [-0.2, -0.15) is 0 Å². The van der Waals surface area contributed by atoms with Gasteiger partial charge < -0.3 is 5.32 Å². The summed E-state index contributed by atoms with van der Waals surface area (Å²) in [4.78, 5) is 2.58. The SMILES string of the molecule is CC(C)=CCN1CCC(NCC2CC=CCC2)CC1. The highest BCUT2D eigenvalue weighted by atomic mass is 15.1. The summed E-state index contributed by atoms with van der Waals surface area (Å²) in [5.41, 5.74) is 1.44. The van der Waals surface area contributed by atoms with Crippen molar-refractivity contribution in [1.29, 1.82) is 0 Å². The van der Waals surface area contributed by atoms with Crippen LogP contribution >= 0.6 is 0 Å². The first-order valence-corrected chi connectivity index (χ1v) is 7.98. The standard InChI is InChI=1S/C17H30N2/c1-15(2)8-11-19-12-9-17(10-13-19)18-14-16-6-4-3-5-7-16/h3-4,8,16-18H,5-7,9-14H2,1-2H3. The first-order valence-electron chi connectivity index (χ1n) is 7.98. The van der Waals surface area contributed by atoms with E-state index in [1.165, 1.54) is 57.3 Å². The minimum absolute atomic E-state index is 0.758. The second-order valence-electron chi connectivity index (χ2n) is 6.42. The number of nitrogens with zero attached hydrogens (tertiary/aromatic N) is 1. The van der Waals surface area contributed by atoms with Crippen LogP contribution in [0.1, 0.15) is 46.0 Å². The third-order valence-corrected chi connectivity index (χ3v) is 4.42. The highest BCUT2D eigenvalue weighted by Gasteiger charge is 2.19. The number of rotatable bonds is 5. The largest absolute Gasteiger partial charge is 0.314 e. The molecule has 1 heterocycles. The van der Waals surface area contributed by atoms with E-state index in [9.17, 15) is 0 Å². The van der Waals surface area contributed by atoms with Gasteiger partial charge in [-0.25, -0.2) is 0 Å². The average Bonchev–Trinajstić information content (AvgIpc) is 2.45. The maximum Gasteiger partial charge on any atom is 0.0165 e. The lowest BCUT2D eigenvalue weighted by Crippen LogP contribution is -2.43. The van der Waals surface area contributed by atoms with Crippen molar-refractivity contribution >= 4 is 0 Å². The summed E-state index contributed by atoms with van der Waals surface area (Å²) in [5, 5.41) is 3.80. The van der Waals surface area contributed by atoms with Gasteiger partial charge >= 0.3 is 0 Å². The number of piperidine rings is 1. The fourth-order valence-corrected chi connectivity index (χ4v) is 3.01. The van der Waals surface area contributed by atoms with Crippen LogP contribution in [-0.4, -0.2) is 37.1 Å². The van der Waals surface area contributed by atoms with Gasteiger partial charge in [0.2, 0.25) is 0 Å². The molecule has 0 amide bonds. The van der Waals surface area contributed by atoms with Crippen LogP contribution in [0.3, 0.4) is 0 Å². The predicted octanol–water partition coefficient (Wildman–Crippen LogP) is 3.36. The quantitative estimate of drug-likeness (QED) is 0.764. The summed E-state index contributed by atoms with van der Waals surface area (Å²) in [5.74, 6) is 0.883. The van der Waals surface area contributed by atoms with Gasteiger partial charge in [-0.15, -0.1) is 0 Å². The summed E-state index contributed by atoms with van der Waals surface area (Å²) in [7, 11) is 0. The molecule has 2 rings (SSSR count).